The zero-order valence-corrected chi connectivity index (χ0v) is 12.0. The van der Waals surface area contributed by atoms with Crippen LogP contribution in [-0.4, -0.2) is 20.5 Å². The average molecular weight is 343 g/mol. The molecular weight excluding hydrogens is 333 g/mol. The lowest BCUT2D eigenvalue weighted by Crippen LogP contribution is -2.26. The number of alkyl halides is 3. The highest BCUT2D eigenvalue weighted by Crippen LogP contribution is 2.32. The summed E-state index contributed by atoms with van der Waals surface area (Å²) in [4.78, 5) is 0. The second kappa shape index (κ2) is 5.86. The smallest absolute Gasteiger partial charge is 0.381 e. The molecular formula is C12H10ClF3O4S. The van der Waals surface area contributed by atoms with Crippen LogP contribution in [0.3, 0.4) is 0 Å². The summed E-state index contributed by atoms with van der Waals surface area (Å²) in [5, 5.41) is 0.495. The zero-order valence-electron chi connectivity index (χ0n) is 10.4. The van der Waals surface area contributed by atoms with Crippen LogP contribution in [0.5, 0.6) is 0 Å². The first-order chi connectivity index (χ1) is 9.69. The monoisotopic (exact) mass is 342 g/mol. The average Bonchev–Trinajstić information content (AvgIpc) is 2.38. The number of hydrogen-bond acceptors (Lipinski definition) is 4. The second-order valence-electron chi connectivity index (χ2n) is 4.21. The third-order valence-corrected chi connectivity index (χ3v) is 3.93. The Morgan fingerprint density at radius 1 is 1.24 bits per heavy atom. The van der Waals surface area contributed by atoms with E-state index < -0.39 is 21.7 Å². The highest BCUT2D eigenvalue weighted by atomic mass is 35.5. The summed E-state index contributed by atoms with van der Waals surface area (Å²) >= 11 is 5.73. The van der Waals surface area contributed by atoms with Gasteiger partial charge in [0.15, 0.2) is 0 Å². The Labute approximate surface area is 124 Å². The molecule has 0 amide bonds. The molecule has 116 valence electrons. The van der Waals surface area contributed by atoms with E-state index in [0.29, 0.717) is 10.6 Å². The molecule has 0 aromatic heterocycles. The van der Waals surface area contributed by atoms with Crippen molar-refractivity contribution in [1.82, 2.24) is 0 Å². The van der Waals surface area contributed by atoms with Crippen molar-refractivity contribution in [2.24, 2.45) is 0 Å². The van der Waals surface area contributed by atoms with Crippen molar-refractivity contribution in [3.63, 3.8) is 0 Å². The zero-order chi connectivity index (χ0) is 15.7. The van der Waals surface area contributed by atoms with Crippen LogP contribution in [0.2, 0.25) is 5.02 Å². The lowest BCUT2D eigenvalue weighted by Gasteiger charge is -2.22. The van der Waals surface area contributed by atoms with Gasteiger partial charge in [0.2, 0.25) is 0 Å². The predicted octanol–water partition coefficient (Wildman–Crippen LogP) is 3.55. The first-order valence-electron chi connectivity index (χ1n) is 5.77. The Kier molecular flexibility index (Phi) is 4.50. The minimum Gasteiger partial charge on any atom is -0.381 e. The topological polar surface area (TPSA) is 52.6 Å². The van der Waals surface area contributed by atoms with Crippen molar-refractivity contribution in [2.45, 2.75) is 18.0 Å². The van der Waals surface area contributed by atoms with Crippen molar-refractivity contribution >= 4 is 21.7 Å². The number of ether oxygens (including phenoxy) is 1. The van der Waals surface area contributed by atoms with Gasteiger partial charge < -0.3 is 8.92 Å². The third-order valence-electron chi connectivity index (χ3n) is 2.68. The fourth-order valence-corrected chi connectivity index (χ4v) is 2.33. The summed E-state index contributed by atoms with van der Waals surface area (Å²) in [7, 11) is -5.65. The van der Waals surface area contributed by atoms with Gasteiger partial charge in [-0.3, -0.25) is 0 Å². The van der Waals surface area contributed by atoms with E-state index in [0.717, 1.165) is 0 Å². The van der Waals surface area contributed by atoms with Gasteiger partial charge in [-0.2, -0.15) is 21.6 Å². The Bertz CT molecular complexity index is 637. The lowest BCUT2D eigenvalue weighted by molar-refractivity contribution is -0.0530. The first kappa shape index (κ1) is 16.1. The van der Waals surface area contributed by atoms with E-state index in [9.17, 15) is 21.6 Å². The van der Waals surface area contributed by atoms with Crippen molar-refractivity contribution < 1.29 is 30.5 Å². The molecule has 1 aromatic carbocycles. The van der Waals surface area contributed by atoms with Gasteiger partial charge in [-0.1, -0.05) is 23.7 Å². The quantitative estimate of drug-likeness (QED) is 0.622. The first-order valence-corrected chi connectivity index (χ1v) is 7.56. The van der Waals surface area contributed by atoms with Crippen LogP contribution < -0.4 is 0 Å². The van der Waals surface area contributed by atoms with Gasteiger partial charge in [0.05, 0.1) is 6.61 Å². The Hall–Kier alpha value is -1.25. The van der Waals surface area contributed by atoms with E-state index in [1.54, 1.807) is 24.3 Å². The fourth-order valence-electron chi connectivity index (χ4n) is 1.69. The van der Waals surface area contributed by atoms with Crippen LogP contribution in [0.15, 0.2) is 36.1 Å². The summed E-state index contributed by atoms with van der Waals surface area (Å²) in [6.07, 6.45) is 0.463. The number of benzene rings is 1. The highest BCUT2D eigenvalue weighted by Gasteiger charge is 2.49. The van der Waals surface area contributed by atoms with Crippen LogP contribution in [0, 0.1) is 0 Å². The van der Waals surface area contributed by atoms with E-state index in [-0.39, 0.29) is 18.8 Å². The molecule has 0 aliphatic carbocycles. The Morgan fingerprint density at radius 2 is 1.86 bits per heavy atom. The maximum atomic E-state index is 12.3. The molecule has 1 unspecified atom stereocenters. The molecule has 0 saturated carbocycles. The molecule has 1 aliphatic rings. The van der Waals surface area contributed by atoms with Gasteiger partial charge in [0, 0.05) is 11.4 Å². The molecule has 0 radical (unpaired) electrons. The van der Waals surface area contributed by atoms with Gasteiger partial charge in [0.25, 0.3) is 0 Å². The van der Waals surface area contributed by atoms with Gasteiger partial charge in [-0.15, -0.1) is 0 Å². The van der Waals surface area contributed by atoms with E-state index >= 15 is 0 Å². The van der Waals surface area contributed by atoms with Crippen molar-refractivity contribution in [3.8, 4) is 0 Å². The van der Waals surface area contributed by atoms with Crippen LogP contribution in [0.25, 0.3) is 0 Å². The van der Waals surface area contributed by atoms with Crippen molar-refractivity contribution in [2.75, 3.05) is 6.61 Å². The van der Waals surface area contributed by atoms with Crippen LogP contribution in [0.1, 0.15) is 18.1 Å². The molecule has 2 rings (SSSR count). The Balaban J connectivity index is 2.20. The minimum absolute atomic E-state index is 0.0481. The molecule has 1 atom stereocenters. The maximum Gasteiger partial charge on any atom is 0.534 e. The largest absolute Gasteiger partial charge is 0.534 e. The van der Waals surface area contributed by atoms with E-state index in [1.807, 2.05) is 0 Å². The summed E-state index contributed by atoms with van der Waals surface area (Å²) in [5.74, 6) is -0.293. The van der Waals surface area contributed by atoms with Crippen LogP contribution >= 0.6 is 11.6 Å². The SMILES string of the molecule is O=S(=O)(OC1=CC(c2ccc(Cl)cc2)OCC1)C(F)(F)F. The second-order valence-corrected chi connectivity index (χ2v) is 6.18. The van der Waals surface area contributed by atoms with E-state index in [4.69, 9.17) is 16.3 Å². The molecule has 0 N–H and O–H groups in total. The van der Waals surface area contributed by atoms with Gasteiger partial charge >= 0.3 is 15.6 Å². The van der Waals surface area contributed by atoms with Gasteiger partial charge in [-0.05, 0) is 23.8 Å². The third kappa shape index (κ3) is 3.90. The summed E-state index contributed by atoms with van der Waals surface area (Å²) < 4.78 is 68.2. The summed E-state index contributed by atoms with van der Waals surface area (Å²) in [5.41, 5.74) is -4.83. The molecule has 0 saturated heterocycles. The molecule has 0 fully saturated rings. The number of halogens is 4. The number of rotatable bonds is 3. The molecule has 9 heteroatoms. The van der Waals surface area contributed by atoms with Crippen molar-refractivity contribution in [3.05, 3.63) is 46.7 Å². The van der Waals surface area contributed by atoms with Crippen molar-refractivity contribution in [1.29, 1.82) is 0 Å². The standard InChI is InChI=1S/C12H10ClF3O4S/c13-9-3-1-8(2-4-9)11-7-10(5-6-19-11)20-21(17,18)12(14,15)16/h1-4,7,11H,5-6H2. The van der Waals surface area contributed by atoms with Crippen LogP contribution in [0.4, 0.5) is 13.2 Å². The molecule has 1 heterocycles. The molecule has 1 aliphatic heterocycles. The summed E-state index contributed by atoms with van der Waals surface area (Å²) in [6.45, 7) is 0.0481. The highest BCUT2D eigenvalue weighted by molar-refractivity contribution is 7.87. The molecule has 21 heavy (non-hydrogen) atoms. The van der Waals surface area contributed by atoms with Crippen LogP contribution in [-0.2, 0) is 19.0 Å². The summed E-state index contributed by atoms with van der Waals surface area (Å²) in [6, 6.07) is 6.45. The molecule has 0 spiro atoms. The molecule has 0 bridgehead atoms. The number of hydrogen-bond donors (Lipinski definition) is 0. The minimum atomic E-state index is -5.65. The fraction of sp³-hybridized carbons (Fsp3) is 0.333. The van der Waals surface area contributed by atoms with Gasteiger partial charge in [-0.25, -0.2) is 0 Å². The normalized spacial score (nSPS) is 20.0. The Morgan fingerprint density at radius 3 is 2.43 bits per heavy atom. The van der Waals surface area contributed by atoms with E-state index in [1.165, 1.54) is 6.08 Å². The molecule has 4 nitrogen and oxygen atoms in total. The maximum absolute atomic E-state index is 12.3. The lowest BCUT2D eigenvalue weighted by atomic mass is 10.1. The molecule has 1 aromatic rings. The van der Waals surface area contributed by atoms with E-state index in [2.05, 4.69) is 4.18 Å². The predicted molar refractivity (Wildman–Crippen MR) is 68.9 cm³/mol. The van der Waals surface area contributed by atoms with Gasteiger partial charge in [0.1, 0.15) is 11.9 Å².